The zero-order valence-corrected chi connectivity index (χ0v) is 5.88. The first kappa shape index (κ1) is 9.19. The highest BCUT2D eigenvalue weighted by Crippen LogP contribution is 1.88. The van der Waals surface area contributed by atoms with E-state index in [2.05, 4.69) is 0 Å². The molecule has 0 unspecified atom stereocenters. The molecule has 0 spiro atoms. The van der Waals surface area contributed by atoms with Crippen LogP contribution < -0.4 is 11.5 Å². The maximum Gasteiger partial charge on any atom is 0.212 e. The van der Waals surface area contributed by atoms with Gasteiger partial charge in [0.1, 0.15) is 0 Å². The van der Waals surface area contributed by atoms with Crippen LogP contribution in [0.5, 0.6) is 0 Å². The standard InChI is InChI=1S/C5H14N4O/c6-3-1-2-4-9(10)5(7)8/h10H,1-4,6H2,(H3,7,8). The lowest BCUT2D eigenvalue weighted by Crippen LogP contribution is -2.34. The van der Waals surface area contributed by atoms with Gasteiger partial charge in [-0.25, -0.2) is 5.06 Å². The summed E-state index contributed by atoms with van der Waals surface area (Å²) in [5.74, 6) is -0.322. The molecule has 60 valence electrons. The molecule has 6 N–H and O–H groups in total. The molecule has 0 aromatic carbocycles. The quantitative estimate of drug-likeness (QED) is 0.182. The maximum absolute atomic E-state index is 8.80. The SMILES string of the molecule is N=C(N)N(O)CCCCN. The minimum atomic E-state index is -0.322. The summed E-state index contributed by atoms with van der Waals surface area (Å²) in [6.45, 7) is 0.984. The summed E-state index contributed by atoms with van der Waals surface area (Å²) in [5, 5.41) is 16.3. The lowest BCUT2D eigenvalue weighted by Gasteiger charge is -2.12. The van der Waals surface area contributed by atoms with Crippen LogP contribution in [0.2, 0.25) is 0 Å². The van der Waals surface area contributed by atoms with Gasteiger partial charge in [-0.15, -0.1) is 0 Å². The van der Waals surface area contributed by atoms with Gasteiger partial charge in [0.15, 0.2) is 0 Å². The number of nitrogens with two attached hydrogens (primary N) is 2. The fourth-order valence-corrected chi connectivity index (χ4v) is 0.526. The fraction of sp³-hybridized carbons (Fsp3) is 0.800. The number of rotatable bonds is 4. The van der Waals surface area contributed by atoms with Gasteiger partial charge in [-0.1, -0.05) is 0 Å². The lowest BCUT2D eigenvalue weighted by atomic mass is 10.3. The normalized spacial score (nSPS) is 9.40. The smallest absolute Gasteiger partial charge is 0.212 e. The number of unbranched alkanes of at least 4 members (excludes halogenated alkanes) is 1. The van der Waals surface area contributed by atoms with Crippen molar-refractivity contribution in [2.75, 3.05) is 13.1 Å². The summed E-state index contributed by atoms with van der Waals surface area (Å²) in [5.41, 5.74) is 10.2. The van der Waals surface area contributed by atoms with Crippen LogP contribution >= 0.6 is 0 Å². The molecule has 0 aromatic heterocycles. The van der Waals surface area contributed by atoms with E-state index in [4.69, 9.17) is 22.1 Å². The monoisotopic (exact) mass is 146 g/mol. The van der Waals surface area contributed by atoms with E-state index in [9.17, 15) is 0 Å². The summed E-state index contributed by atoms with van der Waals surface area (Å²) >= 11 is 0. The van der Waals surface area contributed by atoms with Crippen molar-refractivity contribution in [2.24, 2.45) is 11.5 Å². The van der Waals surface area contributed by atoms with Gasteiger partial charge in [0.25, 0.3) is 0 Å². The largest absolute Gasteiger partial charge is 0.368 e. The molecule has 0 aliphatic rings. The van der Waals surface area contributed by atoms with Crippen LogP contribution in [0.1, 0.15) is 12.8 Å². The molecule has 0 saturated carbocycles. The fourth-order valence-electron chi connectivity index (χ4n) is 0.526. The molecule has 0 aromatic rings. The molecule has 0 atom stereocenters. The topological polar surface area (TPSA) is 99.4 Å². The molecule has 5 nitrogen and oxygen atoms in total. The van der Waals surface area contributed by atoms with Crippen LogP contribution in [-0.4, -0.2) is 29.3 Å². The van der Waals surface area contributed by atoms with E-state index in [1.807, 2.05) is 0 Å². The molecule has 0 bridgehead atoms. The molecular formula is C5H14N4O. The number of hydrogen-bond donors (Lipinski definition) is 4. The Morgan fingerprint density at radius 2 is 2.10 bits per heavy atom. The molecule has 0 fully saturated rings. The zero-order valence-electron chi connectivity index (χ0n) is 5.88. The second-order valence-electron chi connectivity index (χ2n) is 2.00. The van der Waals surface area contributed by atoms with Crippen molar-refractivity contribution in [3.05, 3.63) is 0 Å². The summed E-state index contributed by atoms with van der Waals surface area (Å²) in [6.07, 6.45) is 1.59. The molecule has 10 heavy (non-hydrogen) atoms. The van der Waals surface area contributed by atoms with Crippen molar-refractivity contribution >= 4 is 5.96 Å². The second kappa shape index (κ2) is 5.01. The first-order valence-corrected chi connectivity index (χ1v) is 3.19. The van der Waals surface area contributed by atoms with Gasteiger partial charge in [0, 0.05) is 6.54 Å². The first-order chi connectivity index (χ1) is 4.68. The Labute approximate surface area is 60.1 Å². The Morgan fingerprint density at radius 1 is 1.50 bits per heavy atom. The molecule has 0 amide bonds. The number of hydroxylamine groups is 2. The van der Waals surface area contributed by atoms with E-state index < -0.39 is 0 Å². The number of guanidine groups is 1. The van der Waals surface area contributed by atoms with Crippen molar-refractivity contribution in [3.63, 3.8) is 0 Å². The predicted molar refractivity (Wildman–Crippen MR) is 38.7 cm³/mol. The molecule has 0 rings (SSSR count). The number of nitrogens with one attached hydrogen (secondary N) is 1. The summed E-state index contributed by atoms with van der Waals surface area (Å²) in [7, 11) is 0. The van der Waals surface area contributed by atoms with E-state index in [1.165, 1.54) is 0 Å². The van der Waals surface area contributed by atoms with Gasteiger partial charge >= 0.3 is 0 Å². The molecule has 0 aliphatic heterocycles. The highest BCUT2D eigenvalue weighted by molar-refractivity contribution is 5.73. The summed E-state index contributed by atoms with van der Waals surface area (Å²) in [6, 6.07) is 0. The van der Waals surface area contributed by atoms with Crippen LogP contribution in [0.3, 0.4) is 0 Å². The molecule has 0 saturated heterocycles. The van der Waals surface area contributed by atoms with E-state index in [0.29, 0.717) is 18.2 Å². The Kier molecular flexibility index (Phi) is 4.61. The Bertz CT molecular complexity index is 106. The molecule has 5 heteroatoms. The van der Waals surface area contributed by atoms with Gasteiger partial charge in [-0.2, -0.15) is 0 Å². The van der Waals surface area contributed by atoms with Gasteiger partial charge in [0.2, 0.25) is 5.96 Å². The van der Waals surface area contributed by atoms with Crippen molar-refractivity contribution in [1.82, 2.24) is 5.06 Å². The van der Waals surface area contributed by atoms with Crippen LogP contribution in [0.25, 0.3) is 0 Å². The van der Waals surface area contributed by atoms with Gasteiger partial charge < -0.3 is 11.5 Å². The summed E-state index contributed by atoms with van der Waals surface area (Å²) in [4.78, 5) is 0. The van der Waals surface area contributed by atoms with E-state index in [-0.39, 0.29) is 5.96 Å². The Morgan fingerprint density at radius 3 is 2.50 bits per heavy atom. The van der Waals surface area contributed by atoms with E-state index in [1.54, 1.807) is 0 Å². The second-order valence-corrected chi connectivity index (χ2v) is 2.00. The van der Waals surface area contributed by atoms with Crippen molar-refractivity contribution in [1.29, 1.82) is 5.41 Å². The minimum absolute atomic E-state index is 0.322. The van der Waals surface area contributed by atoms with Gasteiger partial charge in [-0.05, 0) is 19.4 Å². The average Bonchev–Trinajstić information content (AvgIpc) is 1.88. The van der Waals surface area contributed by atoms with Crippen molar-refractivity contribution in [2.45, 2.75) is 12.8 Å². The third-order valence-corrected chi connectivity index (χ3v) is 1.10. The minimum Gasteiger partial charge on any atom is -0.368 e. The third kappa shape index (κ3) is 4.11. The maximum atomic E-state index is 8.80. The first-order valence-electron chi connectivity index (χ1n) is 3.19. The van der Waals surface area contributed by atoms with Crippen molar-refractivity contribution in [3.8, 4) is 0 Å². The van der Waals surface area contributed by atoms with Crippen LogP contribution in [-0.2, 0) is 0 Å². The average molecular weight is 146 g/mol. The van der Waals surface area contributed by atoms with Crippen LogP contribution in [0, 0.1) is 5.41 Å². The number of nitrogens with zero attached hydrogens (tertiary/aromatic N) is 1. The highest BCUT2D eigenvalue weighted by atomic mass is 16.5. The third-order valence-electron chi connectivity index (χ3n) is 1.10. The Balaban J connectivity index is 3.21. The highest BCUT2D eigenvalue weighted by Gasteiger charge is 1.98. The van der Waals surface area contributed by atoms with Crippen LogP contribution in [0.15, 0.2) is 0 Å². The zero-order chi connectivity index (χ0) is 7.98. The van der Waals surface area contributed by atoms with Gasteiger partial charge in [-0.3, -0.25) is 10.6 Å². The van der Waals surface area contributed by atoms with Crippen molar-refractivity contribution < 1.29 is 5.21 Å². The van der Waals surface area contributed by atoms with Crippen LogP contribution in [0.4, 0.5) is 0 Å². The van der Waals surface area contributed by atoms with E-state index >= 15 is 0 Å². The molecule has 0 aliphatic carbocycles. The predicted octanol–water partition coefficient (Wildman–Crippen LogP) is -0.690. The lowest BCUT2D eigenvalue weighted by molar-refractivity contribution is -0.0180. The molecule has 0 heterocycles. The van der Waals surface area contributed by atoms with Gasteiger partial charge in [0.05, 0.1) is 0 Å². The van der Waals surface area contributed by atoms with E-state index in [0.717, 1.165) is 12.8 Å². The molecule has 0 radical (unpaired) electrons. The number of hydrogen-bond acceptors (Lipinski definition) is 3. The molecular weight excluding hydrogens is 132 g/mol. The Hall–Kier alpha value is -0.810. The summed E-state index contributed by atoms with van der Waals surface area (Å²) < 4.78 is 0.